The van der Waals surface area contributed by atoms with Crippen LogP contribution < -0.4 is 0 Å². The molecule has 0 unspecified atom stereocenters. The molecule has 88 valence electrons. The van der Waals surface area contributed by atoms with E-state index in [1.807, 2.05) is 32.9 Å². The van der Waals surface area contributed by atoms with Crippen LogP contribution in [0.15, 0.2) is 24.3 Å². The van der Waals surface area contributed by atoms with Gasteiger partial charge in [0.05, 0.1) is 12.0 Å². The Balaban J connectivity index is 2.75. The molecule has 0 aliphatic heterocycles. The Kier molecular flexibility index (Phi) is 4.11. The van der Waals surface area contributed by atoms with Gasteiger partial charge in [-0.2, -0.15) is 0 Å². The van der Waals surface area contributed by atoms with E-state index in [1.165, 1.54) is 11.1 Å². The topological polar surface area (TPSA) is 26.3 Å². The average molecular weight is 220 g/mol. The molecule has 0 spiro atoms. The Morgan fingerprint density at radius 1 is 1.38 bits per heavy atom. The second-order valence-corrected chi connectivity index (χ2v) is 4.77. The molecule has 2 heteroatoms. The van der Waals surface area contributed by atoms with Gasteiger partial charge in [0.15, 0.2) is 0 Å². The van der Waals surface area contributed by atoms with Crippen LogP contribution in [0.4, 0.5) is 0 Å². The molecular formula is C14H20O2. The van der Waals surface area contributed by atoms with Crippen LogP contribution in [0.5, 0.6) is 0 Å². The lowest BCUT2D eigenvalue weighted by molar-refractivity contribution is -0.153. The highest BCUT2D eigenvalue weighted by molar-refractivity contribution is 5.76. The van der Waals surface area contributed by atoms with Crippen LogP contribution in [0.3, 0.4) is 0 Å². The first-order chi connectivity index (χ1) is 7.45. The normalized spacial score (nSPS) is 11.2. The first kappa shape index (κ1) is 12.8. The Morgan fingerprint density at radius 2 is 2.06 bits per heavy atom. The zero-order valence-corrected chi connectivity index (χ0v) is 10.5. The van der Waals surface area contributed by atoms with E-state index in [0.717, 1.165) is 0 Å². The molecule has 0 saturated heterocycles. The SMILES string of the molecule is CCOC(=O)C(C)(C)Cc1cccc(C)c1. The summed E-state index contributed by atoms with van der Waals surface area (Å²) in [6.07, 6.45) is 0.716. The fourth-order valence-electron chi connectivity index (χ4n) is 1.73. The summed E-state index contributed by atoms with van der Waals surface area (Å²) in [6, 6.07) is 8.24. The summed E-state index contributed by atoms with van der Waals surface area (Å²) >= 11 is 0. The zero-order valence-electron chi connectivity index (χ0n) is 10.5. The molecule has 0 aliphatic carbocycles. The maximum Gasteiger partial charge on any atom is 0.311 e. The highest BCUT2D eigenvalue weighted by Crippen LogP contribution is 2.24. The largest absolute Gasteiger partial charge is 0.466 e. The fourth-order valence-corrected chi connectivity index (χ4v) is 1.73. The molecule has 1 aromatic rings. The van der Waals surface area contributed by atoms with Crippen LogP contribution in [0.25, 0.3) is 0 Å². The monoisotopic (exact) mass is 220 g/mol. The molecule has 0 aromatic heterocycles. The smallest absolute Gasteiger partial charge is 0.311 e. The van der Waals surface area contributed by atoms with Crippen molar-refractivity contribution in [2.24, 2.45) is 5.41 Å². The molecule has 1 rings (SSSR count). The van der Waals surface area contributed by atoms with Gasteiger partial charge in [-0.15, -0.1) is 0 Å². The van der Waals surface area contributed by atoms with Gasteiger partial charge in [0.1, 0.15) is 0 Å². The van der Waals surface area contributed by atoms with Gasteiger partial charge in [-0.3, -0.25) is 4.79 Å². The van der Waals surface area contributed by atoms with Gasteiger partial charge in [-0.25, -0.2) is 0 Å². The van der Waals surface area contributed by atoms with Crippen molar-refractivity contribution in [3.05, 3.63) is 35.4 Å². The zero-order chi connectivity index (χ0) is 12.2. The van der Waals surface area contributed by atoms with E-state index >= 15 is 0 Å². The minimum absolute atomic E-state index is 0.128. The van der Waals surface area contributed by atoms with Crippen LogP contribution in [0.1, 0.15) is 31.9 Å². The van der Waals surface area contributed by atoms with Crippen LogP contribution in [-0.4, -0.2) is 12.6 Å². The van der Waals surface area contributed by atoms with Gasteiger partial charge >= 0.3 is 5.97 Å². The van der Waals surface area contributed by atoms with Crippen molar-refractivity contribution in [3.8, 4) is 0 Å². The molecule has 0 heterocycles. The van der Waals surface area contributed by atoms with Crippen LogP contribution in [0, 0.1) is 12.3 Å². The maximum atomic E-state index is 11.7. The molecule has 0 radical (unpaired) electrons. The first-order valence-electron chi connectivity index (χ1n) is 5.68. The predicted molar refractivity (Wildman–Crippen MR) is 65.3 cm³/mol. The number of esters is 1. The third-order valence-electron chi connectivity index (χ3n) is 2.56. The minimum atomic E-state index is -0.455. The molecule has 0 atom stereocenters. The van der Waals surface area contributed by atoms with Crippen molar-refractivity contribution >= 4 is 5.97 Å². The highest BCUT2D eigenvalue weighted by Gasteiger charge is 2.29. The Morgan fingerprint density at radius 3 is 2.62 bits per heavy atom. The van der Waals surface area contributed by atoms with E-state index in [2.05, 4.69) is 19.1 Å². The van der Waals surface area contributed by atoms with Crippen molar-refractivity contribution in [3.63, 3.8) is 0 Å². The lowest BCUT2D eigenvalue weighted by Crippen LogP contribution is -2.29. The number of rotatable bonds is 4. The number of hydrogen-bond donors (Lipinski definition) is 0. The summed E-state index contributed by atoms with van der Waals surface area (Å²) < 4.78 is 5.07. The van der Waals surface area contributed by atoms with Crippen LogP contribution >= 0.6 is 0 Å². The van der Waals surface area contributed by atoms with Gasteiger partial charge in [0, 0.05) is 0 Å². The van der Waals surface area contributed by atoms with E-state index in [-0.39, 0.29) is 5.97 Å². The summed E-state index contributed by atoms with van der Waals surface area (Å²) in [5, 5.41) is 0. The number of carbonyl (C=O) groups is 1. The van der Waals surface area contributed by atoms with Crippen molar-refractivity contribution in [2.75, 3.05) is 6.61 Å². The van der Waals surface area contributed by atoms with Crippen LogP contribution in [0.2, 0.25) is 0 Å². The summed E-state index contributed by atoms with van der Waals surface area (Å²) in [6.45, 7) is 8.18. The third kappa shape index (κ3) is 3.37. The van der Waals surface area contributed by atoms with E-state index < -0.39 is 5.41 Å². The van der Waals surface area contributed by atoms with Gasteiger partial charge in [0.2, 0.25) is 0 Å². The van der Waals surface area contributed by atoms with E-state index in [1.54, 1.807) is 0 Å². The molecule has 2 nitrogen and oxygen atoms in total. The predicted octanol–water partition coefficient (Wildman–Crippen LogP) is 3.13. The van der Waals surface area contributed by atoms with E-state index in [0.29, 0.717) is 13.0 Å². The van der Waals surface area contributed by atoms with Crippen LogP contribution in [-0.2, 0) is 16.0 Å². The summed E-state index contributed by atoms with van der Waals surface area (Å²) in [5.74, 6) is -0.128. The number of ether oxygens (including phenoxy) is 1. The van der Waals surface area contributed by atoms with Crippen molar-refractivity contribution in [1.29, 1.82) is 0 Å². The Bertz CT molecular complexity index is 367. The van der Waals surface area contributed by atoms with Gasteiger partial charge in [-0.1, -0.05) is 29.8 Å². The van der Waals surface area contributed by atoms with E-state index in [9.17, 15) is 4.79 Å². The maximum absolute atomic E-state index is 11.7. The van der Waals surface area contributed by atoms with Gasteiger partial charge in [-0.05, 0) is 39.7 Å². The van der Waals surface area contributed by atoms with E-state index in [4.69, 9.17) is 4.74 Å². The lowest BCUT2D eigenvalue weighted by Gasteiger charge is -2.22. The Hall–Kier alpha value is -1.31. The Labute approximate surface area is 97.6 Å². The minimum Gasteiger partial charge on any atom is -0.466 e. The van der Waals surface area contributed by atoms with Gasteiger partial charge < -0.3 is 4.74 Å². The second kappa shape index (κ2) is 5.15. The molecule has 1 aromatic carbocycles. The number of hydrogen-bond acceptors (Lipinski definition) is 2. The molecular weight excluding hydrogens is 200 g/mol. The molecule has 0 amide bonds. The number of benzene rings is 1. The van der Waals surface area contributed by atoms with Crippen molar-refractivity contribution in [2.45, 2.75) is 34.1 Å². The average Bonchev–Trinajstić information content (AvgIpc) is 2.17. The van der Waals surface area contributed by atoms with Crippen molar-refractivity contribution in [1.82, 2.24) is 0 Å². The first-order valence-corrected chi connectivity index (χ1v) is 5.68. The fraction of sp³-hybridized carbons (Fsp3) is 0.500. The number of carbonyl (C=O) groups excluding carboxylic acids is 1. The lowest BCUT2D eigenvalue weighted by atomic mass is 9.85. The third-order valence-corrected chi connectivity index (χ3v) is 2.56. The number of aryl methyl sites for hydroxylation is 1. The molecule has 0 fully saturated rings. The van der Waals surface area contributed by atoms with Gasteiger partial charge in [0.25, 0.3) is 0 Å². The molecule has 0 aliphatic rings. The molecule has 0 saturated carbocycles. The molecule has 0 bridgehead atoms. The summed E-state index contributed by atoms with van der Waals surface area (Å²) in [4.78, 5) is 11.7. The highest BCUT2D eigenvalue weighted by atomic mass is 16.5. The van der Waals surface area contributed by atoms with Crippen molar-refractivity contribution < 1.29 is 9.53 Å². The standard InChI is InChI=1S/C14H20O2/c1-5-16-13(15)14(3,4)10-12-8-6-7-11(2)9-12/h6-9H,5,10H2,1-4H3. The quantitative estimate of drug-likeness (QED) is 0.729. The second-order valence-electron chi connectivity index (χ2n) is 4.77. The summed E-state index contributed by atoms with van der Waals surface area (Å²) in [7, 11) is 0. The summed E-state index contributed by atoms with van der Waals surface area (Å²) in [5.41, 5.74) is 1.94. The molecule has 0 N–H and O–H groups in total. The molecule has 16 heavy (non-hydrogen) atoms.